The summed E-state index contributed by atoms with van der Waals surface area (Å²) in [4.78, 5) is 178. The average Bonchev–Trinajstić information content (AvgIpc) is 2.07. The first-order valence-corrected chi connectivity index (χ1v) is 26.5. The van der Waals surface area contributed by atoms with Crippen LogP contribution in [-0.4, -0.2) is 233 Å². The molecule has 0 aromatic rings. The van der Waals surface area contributed by atoms with Gasteiger partial charge in [-0.3, -0.25) is 67.1 Å². The number of carbonyl (C=O) groups is 14. The maximum Gasteiger partial charge on any atom is 0.303 e. The molecule has 19 atom stereocenters. The maximum atomic E-state index is 13.0. The normalized spacial score (nSPS) is 31.7. The zero-order valence-corrected chi connectivity index (χ0v) is 49.7. The zero-order chi connectivity index (χ0) is 65.4. The molecule has 35 nitrogen and oxygen atoms in total. The highest BCUT2D eigenvalue weighted by Gasteiger charge is 2.65. The van der Waals surface area contributed by atoms with Gasteiger partial charge < -0.3 is 99.5 Å². The van der Waals surface area contributed by atoms with Gasteiger partial charge in [0.2, 0.25) is 12.1 Å². The van der Waals surface area contributed by atoms with Gasteiger partial charge in [0, 0.05) is 96.9 Å². The van der Waals surface area contributed by atoms with Crippen molar-refractivity contribution in [3.05, 3.63) is 0 Å². The predicted molar refractivity (Wildman–Crippen MR) is 268 cm³/mol. The Morgan fingerprint density at radius 1 is 0.276 bits per heavy atom. The summed E-state index contributed by atoms with van der Waals surface area (Å²) in [6.45, 7) is 8.70. The molecule has 4 aliphatic heterocycles. The predicted octanol–water partition coefficient (Wildman–Crippen LogP) is -1.76. The SMILES string of the molecule is CC(=O)OCC1OC(OCC2OC(OCC3OC(OC4(COC(C)=O)OC(COC(C)=O)C(OC(C)=O)C4OC(C)=O)C(OC(C)=O)C(OC(C)=O)C3OC(C)=O)C(OC(C)=O)C(OC(C)=O)C2OC(C)=O)C(OC(C)=O)C(OC(C)=O)C1OC(C)=O. The summed E-state index contributed by atoms with van der Waals surface area (Å²) in [6, 6.07) is 0. The Morgan fingerprint density at radius 2 is 0.540 bits per heavy atom. The summed E-state index contributed by atoms with van der Waals surface area (Å²) in [5.74, 6) is -17.2. The third-order valence-electron chi connectivity index (χ3n) is 12.1. The first kappa shape index (κ1) is 71.8. The molecule has 0 amide bonds. The van der Waals surface area contributed by atoms with E-state index in [4.69, 9.17) is 99.5 Å². The summed E-state index contributed by atoms with van der Waals surface area (Å²) in [5, 5.41) is 0. The van der Waals surface area contributed by atoms with Crippen LogP contribution in [0, 0.1) is 0 Å². The second-order valence-electron chi connectivity index (χ2n) is 19.5. The van der Waals surface area contributed by atoms with Crippen LogP contribution < -0.4 is 0 Å². The van der Waals surface area contributed by atoms with Gasteiger partial charge in [0.05, 0.1) is 13.2 Å². The highest BCUT2D eigenvalue weighted by atomic mass is 16.8. The monoisotopic (exact) mass is 1250 g/mol. The summed E-state index contributed by atoms with van der Waals surface area (Å²) in [6.07, 6.45) is -34.0. The van der Waals surface area contributed by atoms with Crippen molar-refractivity contribution in [1.82, 2.24) is 0 Å². The highest BCUT2D eigenvalue weighted by Crippen LogP contribution is 2.42. The minimum absolute atomic E-state index is 0.690. The van der Waals surface area contributed by atoms with Gasteiger partial charge in [0.1, 0.15) is 44.2 Å². The standard InChI is InChI=1S/C52H70O35/c1-20(53)67-15-34-38(72-23(4)56)42(76-27(8)60)45(79-30(11)63)49(83-34)69-16-35-39(73-24(5)57)43(77-28(9)61)46(80-31(12)64)50(84-35)70-17-36-40(74-25(6)58)44(78-29(10)62)47(81-32(13)65)51(85-36)87-52(19-71-22(3)55)48(82-33(14)66)41(75-26(7)59)37(86-52)18-68-21(2)54/h34-51H,15-19H2,1-14H3. The van der Waals surface area contributed by atoms with Crippen LogP contribution in [0.25, 0.3) is 0 Å². The molecule has 0 spiro atoms. The van der Waals surface area contributed by atoms with Crippen molar-refractivity contribution in [2.24, 2.45) is 0 Å². The fraction of sp³-hybridized carbons (Fsp3) is 0.731. The number of ether oxygens (including phenoxy) is 21. The molecule has 0 N–H and O–H groups in total. The lowest BCUT2D eigenvalue weighted by Gasteiger charge is -2.48. The van der Waals surface area contributed by atoms with Crippen molar-refractivity contribution in [2.45, 2.75) is 213 Å². The van der Waals surface area contributed by atoms with Gasteiger partial charge in [-0.2, -0.15) is 0 Å². The lowest BCUT2D eigenvalue weighted by molar-refractivity contribution is -0.389. The first-order valence-electron chi connectivity index (χ1n) is 26.5. The van der Waals surface area contributed by atoms with Gasteiger partial charge in [-0.15, -0.1) is 0 Å². The van der Waals surface area contributed by atoms with Crippen molar-refractivity contribution in [2.75, 3.05) is 33.0 Å². The van der Waals surface area contributed by atoms with Crippen molar-refractivity contribution < 1.29 is 167 Å². The molecule has 0 bridgehead atoms. The van der Waals surface area contributed by atoms with Gasteiger partial charge in [0.15, 0.2) is 79.7 Å². The average molecular weight is 1260 g/mol. The zero-order valence-electron chi connectivity index (χ0n) is 49.7. The van der Waals surface area contributed by atoms with Crippen molar-refractivity contribution in [3.8, 4) is 0 Å². The second kappa shape index (κ2) is 32.3. The molecule has 0 aromatic carbocycles. The molecular formula is C52H70O35. The van der Waals surface area contributed by atoms with Gasteiger partial charge >= 0.3 is 83.6 Å². The number of esters is 14. The molecule has 0 saturated carbocycles. The van der Waals surface area contributed by atoms with Gasteiger partial charge in [-0.1, -0.05) is 0 Å². The molecule has 0 aliphatic carbocycles. The lowest BCUT2D eigenvalue weighted by atomic mass is 9.96. The van der Waals surface area contributed by atoms with Crippen molar-refractivity contribution >= 4 is 83.6 Å². The van der Waals surface area contributed by atoms with Crippen LogP contribution in [0.5, 0.6) is 0 Å². The Bertz CT molecular complexity index is 2550. The summed E-state index contributed by atoms with van der Waals surface area (Å²) < 4.78 is 121. The molecule has 0 radical (unpaired) electrons. The molecule has 4 aliphatic rings. The van der Waals surface area contributed by atoms with Gasteiger partial charge in [-0.25, -0.2) is 0 Å². The molecule has 4 saturated heterocycles. The van der Waals surface area contributed by atoms with Crippen LogP contribution in [0.15, 0.2) is 0 Å². The highest BCUT2D eigenvalue weighted by molar-refractivity contribution is 5.72. The van der Waals surface area contributed by atoms with Crippen LogP contribution in [0.4, 0.5) is 0 Å². The molecule has 4 heterocycles. The van der Waals surface area contributed by atoms with Gasteiger partial charge in [-0.05, 0) is 0 Å². The Hall–Kier alpha value is -7.70. The Balaban J connectivity index is 1.93. The molecule has 35 heteroatoms. The van der Waals surface area contributed by atoms with E-state index in [1.165, 1.54) is 0 Å². The van der Waals surface area contributed by atoms with E-state index in [-0.39, 0.29) is 0 Å². The third-order valence-corrected chi connectivity index (χ3v) is 12.1. The van der Waals surface area contributed by atoms with Crippen molar-refractivity contribution in [3.63, 3.8) is 0 Å². The van der Waals surface area contributed by atoms with E-state index in [2.05, 4.69) is 0 Å². The number of carbonyl (C=O) groups excluding carboxylic acids is 14. The Kier molecular flexibility index (Phi) is 26.7. The van der Waals surface area contributed by atoms with Crippen LogP contribution in [0.3, 0.4) is 0 Å². The van der Waals surface area contributed by atoms with E-state index < -0.39 is 233 Å². The number of hydrogen-bond acceptors (Lipinski definition) is 35. The van der Waals surface area contributed by atoms with E-state index in [1.54, 1.807) is 0 Å². The van der Waals surface area contributed by atoms with Gasteiger partial charge in [0.25, 0.3) is 0 Å². The largest absolute Gasteiger partial charge is 0.463 e. The minimum atomic E-state index is -2.76. The molecule has 488 valence electrons. The Labute approximate surface area is 495 Å². The maximum absolute atomic E-state index is 13.0. The molecule has 4 rings (SSSR count). The number of rotatable bonds is 25. The lowest BCUT2D eigenvalue weighted by Crippen LogP contribution is -2.66. The van der Waals surface area contributed by atoms with Crippen LogP contribution in [0.2, 0.25) is 0 Å². The topological polar surface area (TPSA) is 433 Å². The molecule has 0 aromatic heterocycles. The summed E-state index contributed by atoms with van der Waals surface area (Å²) >= 11 is 0. The minimum Gasteiger partial charge on any atom is -0.463 e. The molecule has 4 fully saturated rings. The second-order valence-corrected chi connectivity index (χ2v) is 19.5. The fourth-order valence-electron chi connectivity index (χ4n) is 9.38. The molecule has 87 heavy (non-hydrogen) atoms. The van der Waals surface area contributed by atoms with E-state index in [0.717, 1.165) is 96.9 Å². The quantitative estimate of drug-likeness (QED) is 0.0722. The van der Waals surface area contributed by atoms with E-state index >= 15 is 0 Å². The fourth-order valence-corrected chi connectivity index (χ4v) is 9.38. The van der Waals surface area contributed by atoms with Crippen molar-refractivity contribution in [1.29, 1.82) is 0 Å². The molecular weight excluding hydrogens is 1180 g/mol. The van der Waals surface area contributed by atoms with E-state index in [0.29, 0.717) is 0 Å². The Morgan fingerprint density at radius 3 is 0.862 bits per heavy atom. The van der Waals surface area contributed by atoms with E-state index in [1.807, 2.05) is 0 Å². The summed E-state index contributed by atoms with van der Waals surface area (Å²) in [7, 11) is 0. The summed E-state index contributed by atoms with van der Waals surface area (Å²) in [5.41, 5.74) is 0. The van der Waals surface area contributed by atoms with Crippen LogP contribution in [-0.2, 0) is 167 Å². The van der Waals surface area contributed by atoms with Crippen LogP contribution >= 0.6 is 0 Å². The first-order chi connectivity index (χ1) is 40.6. The third kappa shape index (κ3) is 21.3. The van der Waals surface area contributed by atoms with E-state index in [9.17, 15) is 67.1 Å². The molecule has 19 unspecified atom stereocenters. The van der Waals surface area contributed by atoms with Crippen LogP contribution in [0.1, 0.15) is 96.9 Å². The number of hydrogen-bond donors (Lipinski definition) is 0. The smallest absolute Gasteiger partial charge is 0.303 e.